The summed E-state index contributed by atoms with van der Waals surface area (Å²) in [4.78, 5) is 29.2. The number of hydrogen-bond acceptors (Lipinski definition) is 6. The van der Waals surface area contributed by atoms with E-state index in [2.05, 4.69) is 5.32 Å². The molecule has 3 amide bonds. The second-order valence-corrected chi connectivity index (χ2v) is 9.44. The van der Waals surface area contributed by atoms with Crippen LogP contribution in [0.25, 0.3) is 0 Å². The van der Waals surface area contributed by atoms with Gasteiger partial charge in [0, 0.05) is 28.8 Å². The highest BCUT2D eigenvalue weighted by Gasteiger charge is 2.40. The maximum absolute atomic E-state index is 13.2. The van der Waals surface area contributed by atoms with Gasteiger partial charge in [-0.15, -0.1) is 0 Å². The van der Waals surface area contributed by atoms with Crippen LogP contribution in [0.1, 0.15) is 19.3 Å². The lowest BCUT2D eigenvalue weighted by Gasteiger charge is -2.44. The molecule has 0 aliphatic carbocycles. The molecule has 9 nitrogen and oxygen atoms in total. The van der Waals surface area contributed by atoms with Crippen molar-refractivity contribution < 1.29 is 28.9 Å². The minimum Gasteiger partial charge on any atom is -0.389 e. The monoisotopic (exact) mass is 501 g/mol. The van der Waals surface area contributed by atoms with Crippen LogP contribution in [-0.4, -0.2) is 97.3 Å². The summed E-state index contributed by atoms with van der Waals surface area (Å²) in [6.07, 6.45) is 0.0823. The number of morpholine rings is 1. The molecule has 182 valence electrons. The van der Waals surface area contributed by atoms with Crippen molar-refractivity contribution in [3.05, 3.63) is 28.2 Å². The highest BCUT2D eigenvalue weighted by atomic mass is 35.5. The molecule has 1 aromatic rings. The third kappa shape index (κ3) is 6.49. The highest BCUT2D eigenvalue weighted by Crippen LogP contribution is 2.29. The number of fused-ring (bicyclic) bond motifs is 1. The zero-order valence-electron chi connectivity index (χ0n) is 18.3. The van der Waals surface area contributed by atoms with Gasteiger partial charge in [0.05, 0.1) is 57.6 Å². The third-order valence-electron chi connectivity index (χ3n) is 6.12. The lowest BCUT2D eigenvalue weighted by molar-refractivity contribution is -0.156. The molecule has 0 bridgehead atoms. The van der Waals surface area contributed by atoms with Gasteiger partial charge in [0.1, 0.15) is 6.10 Å². The quantitative estimate of drug-likeness (QED) is 0.659. The Bertz CT molecular complexity index is 833. The fourth-order valence-electron chi connectivity index (χ4n) is 4.53. The van der Waals surface area contributed by atoms with Crippen molar-refractivity contribution in [3.63, 3.8) is 0 Å². The standard InChI is InChI=1S/C22H29Cl2N3O6/c23-14-7-15(24)9-16(8-14)25-22(30)27-11-17(28)12-32-13-20-19(27)2-1-18(33-20)10-21(29)26-3-5-31-6-4-26/h7-9,17-20,28H,1-6,10-13H2,(H,25,30)/t17-,18+,19+,20-/m0/s1. The summed E-state index contributed by atoms with van der Waals surface area (Å²) >= 11 is 12.1. The Morgan fingerprint density at radius 1 is 1.06 bits per heavy atom. The smallest absolute Gasteiger partial charge is 0.322 e. The fourth-order valence-corrected chi connectivity index (χ4v) is 5.06. The van der Waals surface area contributed by atoms with E-state index >= 15 is 0 Å². The lowest BCUT2D eigenvalue weighted by atomic mass is 9.94. The molecule has 3 heterocycles. The van der Waals surface area contributed by atoms with Crippen LogP contribution in [0.5, 0.6) is 0 Å². The zero-order valence-corrected chi connectivity index (χ0v) is 19.8. The second kappa shape index (κ2) is 11.2. The van der Waals surface area contributed by atoms with E-state index in [9.17, 15) is 14.7 Å². The molecule has 3 aliphatic heterocycles. The van der Waals surface area contributed by atoms with Crippen LogP contribution in [0.15, 0.2) is 18.2 Å². The summed E-state index contributed by atoms with van der Waals surface area (Å²) in [5.41, 5.74) is 0.465. The molecule has 11 heteroatoms. The Balaban J connectivity index is 1.42. The predicted octanol–water partition coefficient (Wildman–Crippen LogP) is 2.38. The van der Waals surface area contributed by atoms with Gasteiger partial charge in [-0.05, 0) is 31.0 Å². The first-order valence-corrected chi connectivity index (χ1v) is 11.9. The summed E-state index contributed by atoms with van der Waals surface area (Å²) in [5.74, 6) is 0.0522. The van der Waals surface area contributed by atoms with E-state index in [1.807, 2.05) is 0 Å². The molecule has 1 aromatic carbocycles. The van der Waals surface area contributed by atoms with Gasteiger partial charge in [0.25, 0.3) is 0 Å². The van der Waals surface area contributed by atoms with Crippen molar-refractivity contribution in [1.82, 2.24) is 9.80 Å². The number of urea groups is 1. The number of aliphatic hydroxyl groups excluding tert-OH is 1. The molecule has 33 heavy (non-hydrogen) atoms. The van der Waals surface area contributed by atoms with Crippen molar-refractivity contribution in [2.24, 2.45) is 0 Å². The fraction of sp³-hybridized carbons (Fsp3) is 0.636. The van der Waals surface area contributed by atoms with Crippen LogP contribution in [0, 0.1) is 0 Å². The summed E-state index contributed by atoms with van der Waals surface area (Å²) in [7, 11) is 0. The summed E-state index contributed by atoms with van der Waals surface area (Å²) in [6.45, 7) is 2.73. The van der Waals surface area contributed by atoms with Gasteiger partial charge in [-0.1, -0.05) is 23.2 Å². The van der Waals surface area contributed by atoms with Crippen LogP contribution < -0.4 is 5.32 Å². The molecule has 2 N–H and O–H groups in total. The van der Waals surface area contributed by atoms with E-state index in [4.69, 9.17) is 37.4 Å². The van der Waals surface area contributed by atoms with Gasteiger partial charge in [0.2, 0.25) is 5.91 Å². The van der Waals surface area contributed by atoms with Gasteiger partial charge in [-0.2, -0.15) is 0 Å². The maximum Gasteiger partial charge on any atom is 0.322 e. The highest BCUT2D eigenvalue weighted by molar-refractivity contribution is 6.35. The molecule has 0 unspecified atom stereocenters. The number of nitrogens with zero attached hydrogens (tertiary/aromatic N) is 2. The molecule has 3 aliphatic rings. The first-order chi connectivity index (χ1) is 15.9. The zero-order chi connectivity index (χ0) is 23.4. The van der Waals surface area contributed by atoms with E-state index in [-0.39, 0.29) is 43.8 Å². The van der Waals surface area contributed by atoms with Crippen LogP contribution in [-0.2, 0) is 19.0 Å². The number of amides is 3. The van der Waals surface area contributed by atoms with E-state index in [0.717, 1.165) is 0 Å². The van der Waals surface area contributed by atoms with Crippen molar-refractivity contribution in [1.29, 1.82) is 0 Å². The van der Waals surface area contributed by atoms with Crippen molar-refractivity contribution in [3.8, 4) is 0 Å². The third-order valence-corrected chi connectivity index (χ3v) is 6.56. The lowest BCUT2D eigenvalue weighted by Crippen LogP contribution is -2.58. The molecule has 0 spiro atoms. The Morgan fingerprint density at radius 2 is 1.79 bits per heavy atom. The largest absolute Gasteiger partial charge is 0.389 e. The molecule has 0 saturated carbocycles. The first kappa shape index (κ1) is 24.5. The number of anilines is 1. The number of aliphatic hydroxyl groups is 1. The van der Waals surface area contributed by atoms with Crippen molar-refractivity contribution >= 4 is 40.8 Å². The number of halogens is 2. The van der Waals surface area contributed by atoms with Gasteiger partial charge >= 0.3 is 6.03 Å². The molecule has 3 fully saturated rings. The summed E-state index contributed by atoms with van der Waals surface area (Å²) in [6, 6.07) is 4.12. The van der Waals surface area contributed by atoms with Crippen molar-refractivity contribution in [2.75, 3.05) is 51.4 Å². The Labute approximate surface area is 202 Å². The molecule has 4 rings (SSSR count). The SMILES string of the molecule is O=C(C[C@H]1CC[C@@H]2[C@H](COC[C@@H](O)CN2C(=O)Nc2cc(Cl)cc(Cl)c2)O1)N1CCOCC1. The van der Waals surface area contributed by atoms with Crippen molar-refractivity contribution in [2.45, 2.75) is 43.6 Å². The maximum atomic E-state index is 13.2. The predicted molar refractivity (Wildman–Crippen MR) is 123 cm³/mol. The number of ether oxygens (including phenoxy) is 3. The molecular formula is C22H29Cl2N3O6. The minimum absolute atomic E-state index is 0.0522. The average molecular weight is 502 g/mol. The van der Waals surface area contributed by atoms with Crippen LogP contribution >= 0.6 is 23.2 Å². The number of rotatable bonds is 3. The van der Waals surface area contributed by atoms with Crippen LogP contribution in [0.3, 0.4) is 0 Å². The number of carbonyl (C=O) groups excluding carboxylic acids is 2. The number of β-amino-alcohol motifs (C(OH)–C–C–N with tert-alkyl or cyclic N) is 1. The Morgan fingerprint density at radius 3 is 2.52 bits per heavy atom. The molecule has 3 saturated heterocycles. The van der Waals surface area contributed by atoms with Gasteiger partial charge in [0.15, 0.2) is 0 Å². The van der Waals surface area contributed by atoms with Crippen LogP contribution in [0.2, 0.25) is 10.0 Å². The van der Waals surface area contributed by atoms with Crippen LogP contribution in [0.4, 0.5) is 10.5 Å². The molecule has 0 radical (unpaired) electrons. The summed E-state index contributed by atoms with van der Waals surface area (Å²) < 4.78 is 17.2. The van der Waals surface area contributed by atoms with Gasteiger partial charge in [-0.25, -0.2) is 4.79 Å². The average Bonchev–Trinajstić information content (AvgIpc) is 2.76. The Hall–Kier alpha value is -1.62. The number of carbonyl (C=O) groups is 2. The molecule has 0 aromatic heterocycles. The van der Waals surface area contributed by atoms with Gasteiger partial charge < -0.3 is 34.4 Å². The van der Waals surface area contributed by atoms with Gasteiger partial charge in [-0.3, -0.25) is 4.79 Å². The van der Waals surface area contributed by atoms with E-state index in [1.54, 1.807) is 28.0 Å². The molecular weight excluding hydrogens is 473 g/mol. The topological polar surface area (TPSA) is 101 Å². The minimum atomic E-state index is -0.819. The van der Waals surface area contributed by atoms with E-state index in [0.29, 0.717) is 61.3 Å². The number of hydrogen-bond donors (Lipinski definition) is 2. The number of benzene rings is 1. The summed E-state index contributed by atoms with van der Waals surface area (Å²) in [5, 5.41) is 13.9. The molecule has 4 atom stereocenters. The second-order valence-electron chi connectivity index (χ2n) is 8.57. The van der Waals surface area contributed by atoms with E-state index < -0.39 is 12.2 Å². The number of nitrogens with one attached hydrogen (secondary N) is 1. The first-order valence-electron chi connectivity index (χ1n) is 11.2. The normalized spacial score (nSPS) is 28.5. The Kier molecular flexibility index (Phi) is 8.32. The van der Waals surface area contributed by atoms with E-state index in [1.165, 1.54) is 0 Å².